The molecule has 2 rings (SSSR count). The molecule has 8 heteroatoms. The van der Waals surface area contributed by atoms with E-state index in [1.54, 1.807) is 20.8 Å². The molecule has 2 amide bonds. The molecular weight excluding hydrogens is 352 g/mol. The number of nitrogens with zero attached hydrogens (tertiary/aromatic N) is 1. The van der Waals surface area contributed by atoms with Gasteiger partial charge in [0, 0.05) is 19.1 Å². The number of fused-ring (bicyclic) bond motifs is 1. The average molecular weight is 384 g/mol. The Labute approximate surface area is 160 Å². The SMILES string of the molecule is COC(=O)[C@@H]1C2C(CN1C(=O)[C@H](CCCO)NC(=O)OC(C)(C)C)C2(C)C. The second-order valence-electron chi connectivity index (χ2n) is 8.98. The smallest absolute Gasteiger partial charge is 0.408 e. The highest BCUT2D eigenvalue weighted by Crippen LogP contribution is 2.65. The first-order chi connectivity index (χ1) is 12.4. The van der Waals surface area contributed by atoms with Crippen LogP contribution in [-0.4, -0.2) is 65.9 Å². The number of methoxy groups -OCH3 is 1. The molecule has 0 aromatic heterocycles. The summed E-state index contributed by atoms with van der Waals surface area (Å²) < 4.78 is 10.2. The summed E-state index contributed by atoms with van der Waals surface area (Å²) >= 11 is 0. The van der Waals surface area contributed by atoms with Gasteiger partial charge in [-0.1, -0.05) is 13.8 Å². The molecule has 0 spiro atoms. The molecule has 0 radical (unpaired) electrons. The third kappa shape index (κ3) is 4.54. The fourth-order valence-electron chi connectivity index (χ4n) is 4.11. The van der Waals surface area contributed by atoms with Crippen molar-refractivity contribution in [2.24, 2.45) is 17.3 Å². The van der Waals surface area contributed by atoms with Gasteiger partial charge < -0.3 is 24.8 Å². The number of hydrogen-bond acceptors (Lipinski definition) is 6. The first-order valence-electron chi connectivity index (χ1n) is 9.42. The molecule has 1 saturated carbocycles. The molecule has 2 N–H and O–H groups in total. The second kappa shape index (κ2) is 7.66. The summed E-state index contributed by atoms with van der Waals surface area (Å²) in [4.78, 5) is 39.1. The van der Waals surface area contributed by atoms with Gasteiger partial charge in [0.25, 0.3) is 0 Å². The fraction of sp³-hybridized carbons (Fsp3) is 0.842. The molecule has 2 aliphatic rings. The number of carbonyl (C=O) groups excluding carboxylic acids is 3. The lowest BCUT2D eigenvalue weighted by Crippen LogP contribution is -2.54. The Hall–Kier alpha value is -1.83. The normalized spacial score (nSPS) is 26.8. The Bertz CT molecular complexity index is 597. The molecule has 2 unspecified atom stereocenters. The average Bonchev–Trinajstić information content (AvgIpc) is 2.93. The molecule has 1 aliphatic heterocycles. The number of aliphatic hydroxyl groups excluding tert-OH is 1. The maximum atomic E-state index is 13.1. The quantitative estimate of drug-likeness (QED) is 0.669. The lowest BCUT2D eigenvalue weighted by molar-refractivity contribution is -0.153. The number of rotatable bonds is 6. The van der Waals surface area contributed by atoms with Crippen LogP contribution in [0.3, 0.4) is 0 Å². The molecule has 1 saturated heterocycles. The van der Waals surface area contributed by atoms with E-state index in [-0.39, 0.29) is 36.2 Å². The minimum atomic E-state index is -0.861. The molecule has 27 heavy (non-hydrogen) atoms. The molecule has 0 aromatic rings. The van der Waals surface area contributed by atoms with Crippen LogP contribution in [0, 0.1) is 17.3 Å². The summed E-state index contributed by atoms with van der Waals surface area (Å²) in [5, 5.41) is 11.7. The van der Waals surface area contributed by atoms with Crippen LogP contribution >= 0.6 is 0 Å². The van der Waals surface area contributed by atoms with Crippen molar-refractivity contribution in [3.05, 3.63) is 0 Å². The van der Waals surface area contributed by atoms with Crippen molar-refractivity contribution in [1.29, 1.82) is 0 Å². The van der Waals surface area contributed by atoms with Crippen molar-refractivity contribution >= 4 is 18.0 Å². The Balaban J connectivity index is 2.14. The highest BCUT2D eigenvalue weighted by atomic mass is 16.6. The summed E-state index contributed by atoms with van der Waals surface area (Å²) in [5.41, 5.74) is -0.697. The van der Waals surface area contributed by atoms with Crippen molar-refractivity contribution in [2.45, 2.75) is 65.1 Å². The van der Waals surface area contributed by atoms with E-state index in [2.05, 4.69) is 19.2 Å². The summed E-state index contributed by atoms with van der Waals surface area (Å²) in [6, 6.07) is -1.50. The third-order valence-corrected chi connectivity index (χ3v) is 5.57. The molecule has 1 aliphatic carbocycles. The van der Waals surface area contributed by atoms with Gasteiger partial charge in [-0.15, -0.1) is 0 Å². The van der Waals surface area contributed by atoms with Crippen molar-refractivity contribution in [2.75, 3.05) is 20.3 Å². The Morgan fingerprint density at radius 2 is 1.93 bits per heavy atom. The zero-order valence-corrected chi connectivity index (χ0v) is 17.1. The van der Waals surface area contributed by atoms with Crippen LogP contribution in [0.1, 0.15) is 47.5 Å². The number of likely N-dealkylation sites (tertiary alicyclic amines) is 1. The highest BCUT2D eigenvalue weighted by molar-refractivity contribution is 5.91. The van der Waals surface area contributed by atoms with Crippen LogP contribution in [-0.2, 0) is 19.1 Å². The summed E-state index contributed by atoms with van der Waals surface area (Å²) in [6.07, 6.45) is -0.0861. The third-order valence-electron chi connectivity index (χ3n) is 5.57. The number of aliphatic hydroxyl groups is 1. The van der Waals surface area contributed by atoms with Gasteiger partial charge in [-0.05, 0) is 44.9 Å². The van der Waals surface area contributed by atoms with Gasteiger partial charge in [-0.3, -0.25) is 4.79 Å². The van der Waals surface area contributed by atoms with Crippen molar-refractivity contribution in [3.63, 3.8) is 0 Å². The lowest BCUT2D eigenvalue weighted by Gasteiger charge is -2.32. The van der Waals surface area contributed by atoms with Crippen LogP contribution in [0.25, 0.3) is 0 Å². The monoisotopic (exact) mass is 384 g/mol. The molecule has 4 atom stereocenters. The van der Waals surface area contributed by atoms with Crippen LogP contribution < -0.4 is 5.32 Å². The molecule has 2 fully saturated rings. The van der Waals surface area contributed by atoms with E-state index in [4.69, 9.17) is 14.6 Å². The molecule has 0 bridgehead atoms. The number of ether oxygens (including phenoxy) is 2. The van der Waals surface area contributed by atoms with Gasteiger partial charge in [0.05, 0.1) is 7.11 Å². The minimum absolute atomic E-state index is 0.00513. The van der Waals surface area contributed by atoms with Gasteiger partial charge in [-0.2, -0.15) is 0 Å². The molecule has 0 aromatic carbocycles. The largest absolute Gasteiger partial charge is 0.467 e. The maximum Gasteiger partial charge on any atom is 0.408 e. The van der Waals surface area contributed by atoms with Crippen molar-refractivity contribution in [3.8, 4) is 0 Å². The standard InChI is InChI=1S/C19H32N2O6/c1-18(2,3)27-17(25)20-12(8-7-9-22)15(23)21-10-11-13(19(11,4)5)14(21)16(24)26-6/h11-14,22H,7-10H2,1-6H3,(H,20,25)/t11?,12-,13?,14-/m0/s1. The molecule has 1 heterocycles. The Kier molecular flexibility index (Phi) is 6.09. The van der Waals surface area contributed by atoms with E-state index in [1.165, 1.54) is 12.0 Å². The molecule has 154 valence electrons. The summed E-state index contributed by atoms with van der Waals surface area (Å²) in [6.45, 7) is 9.74. The Morgan fingerprint density at radius 1 is 1.30 bits per heavy atom. The highest BCUT2D eigenvalue weighted by Gasteiger charge is 2.70. The van der Waals surface area contributed by atoms with Gasteiger partial charge in [-0.25, -0.2) is 9.59 Å². The van der Waals surface area contributed by atoms with Gasteiger partial charge in [0.2, 0.25) is 5.91 Å². The number of esters is 1. The topological polar surface area (TPSA) is 105 Å². The van der Waals surface area contributed by atoms with Crippen LogP contribution in [0.15, 0.2) is 0 Å². The first-order valence-corrected chi connectivity index (χ1v) is 9.42. The van der Waals surface area contributed by atoms with E-state index in [0.29, 0.717) is 13.0 Å². The summed E-state index contributed by atoms with van der Waals surface area (Å²) in [7, 11) is 1.32. The zero-order valence-electron chi connectivity index (χ0n) is 17.1. The number of amides is 2. The van der Waals surface area contributed by atoms with Gasteiger partial charge in [0.15, 0.2) is 0 Å². The Morgan fingerprint density at radius 3 is 2.44 bits per heavy atom. The minimum Gasteiger partial charge on any atom is -0.467 e. The predicted molar refractivity (Wildman–Crippen MR) is 97.8 cm³/mol. The van der Waals surface area contributed by atoms with Crippen LogP contribution in [0.4, 0.5) is 4.79 Å². The van der Waals surface area contributed by atoms with Crippen LogP contribution in [0.2, 0.25) is 0 Å². The zero-order chi connectivity index (χ0) is 20.6. The number of piperidine rings is 1. The summed E-state index contributed by atoms with van der Waals surface area (Å²) in [5.74, 6) is -0.466. The van der Waals surface area contributed by atoms with E-state index in [0.717, 1.165) is 0 Å². The van der Waals surface area contributed by atoms with E-state index in [1.807, 2.05) is 0 Å². The van der Waals surface area contributed by atoms with Crippen LogP contribution in [0.5, 0.6) is 0 Å². The predicted octanol–water partition coefficient (Wildman–Crippen LogP) is 1.31. The maximum absolute atomic E-state index is 13.1. The van der Waals surface area contributed by atoms with Gasteiger partial charge >= 0.3 is 12.1 Å². The first kappa shape index (κ1) is 21.5. The number of alkyl carbamates (subject to hydrolysis) is 1. The molecule has 8 nitrogen and oxygen atoms in total. The number of nitrogens with one attached hydrogen (secondary N) is 1. The van der Waals surface area contributed by atoms with E-state index < -0.39 is 29.7 Å². The number of hydrogen-bond donors (Lipinski definition) is 2. The second-order valence-corrected chi connectivity index (χ2v) is 8.98. The fourth-order valence-corrected chi connectivity index (χ4v) is 4.11. The lowest BCUT2D eigenvalue weighted by atomic mass is 10.00. The number of carbonyl (C=O) groups is 3. The van der Waals surface area contributed by atoms with E-state index in [9.17, 15) is 14.4 Å². The van der Waals surface area contributed by atoms with Crippen molar-refractivity contribution in [1.82, 2.24) is 10.2 Å². The molecular formula is C19H32N2O6. The van der Waals surface area contributed by atoms with Gasteiger partial charge in [0.1, 0.15) is 17.7 Å². The van der Waals surface area contributed by atoms with E-state index >= 15 is 0 Å². The van der Waals surface area contributed by atoms with Crippen molar-refractivity contribution < 1.29 is 29.0 Å².